The van der Waals surface area contributed by atoms with Crippen molar-refractivity contribution in [2.75, 3.05) is 0 Å². The van der Waals surface area contributed by atoms with E-state index in [4.69, 9.17) is 16.3 Å². The molecule has 0 saturated carbocycles. The Labute approximate surface area is 153 Å². The summed E-state index contributed by atoms with van der Waals surface area (Å²) in [6.45, 7) is 5.42. The third-order valence-corrected chi connectivity index (χ3v) is 4.39. The fourth-order valence-electron chi connectivity index (χ4n) is 2.29. The Kier molecular flexibility index (Phi) is 6.05. The molecule has 0 amide bonds. The van der Waals surface area contributed by atoms with Crippen molar-refractivity contribution >= 4 is 40.0 Å². The predicted molar refractivity (Wildman–Crippen MR) is 97.8 cm³/mol. The van der Waals surface area contributed by atoms with E-state index in [-0.39, 0.29) is 11.5 Å². The van der Waals surface area contributed by atoms with Crippen molar-refractivity contribution in [1.29, 1.82) is 0 Å². The van der Waals surface area contributed by atoms with E-state index in [1.807, 2.05) is 19.1 Å². The first-order valence-corrected chi connectivity index (χ1v) is 9.10. The molecule has 1 aromatic heterocycles. The van der Waals surface area contributed by atoms with E-state index in [0.29, 0.717) is 28.8 Å². The lowest BCUT2D eigenvalue weighted by Gasteiger charge is -2.12. The Bertz CT molecular complexity index is 728. The van der Waals surface area contributed by atoms with Gasteiger partial charge in [0.15, 0.2) is 5.78 Å². The topological polar surface area (TPSA) is 64.4 Å². The largest absolute Gasteiger partial charge is 0.439 e. The highest BCUT2D eigenvalue weighted by atomic mass is 127. The number of aliphatic hydroxyl groups excluding tert-OH is 1. The SMILES string of the molecule is CCn1nc(C(C)=O)c([C@@H](C)O)c1Oc1cc(Cl)cc(CI)c1. The van der Waals surface area contributed by atoms with Gasteiger partial charge in [-0.25, -0.2) is 4.68 Å². The molecule has 2 aromatic rings. The lowest BCUT2D eigenvalue weighted by atomic mass is 10.1. The molecule has 124 valence electrons. The number of aromatic nitrogens is 2. The average Bonchev–Trinajstić information content (AvgIpc) is 2.85. The first-order valence-electron chi connectivity index (χ1n) is 7.20. The first-order chi connectivity index (χ1) is 10.9. The summed E-state index contributed by atoms with van der Waals surface area (Å²) in [5.74, 6) is 0.710. The Morgan fingerprint density at radius 1 is 1.48 bits per heavy atom. The number of ether oxygens (including phenoxy) is 1. The zero-order valence-corrected chi connectivity index (χ0v) is 16.1. The van der Waals surface area contributed by atoms with Gasteiger partial charge in [-0.15, -0.1) is 0 Å². The minimum atomic E-state index is -0.868. The monoisotopic (exact) mass is 448 g/mol. The highest BCUT2D eigenvalue weighted by Gasteiger charge is 2.25. The van der Waals surface area contributed by atoms with Crippen LogP contribution in [0.15, 0.2) is 18.2 Å². The highest BCUT2D eigenvalue weighted by molar-refractivity contribution is 14.1. The highest BCUT2D eigenvalue weighted by Crippen LogP contribution is 2.34. The Morgan fingerprint density at radius 3 is 2.70 bits per heavy atom. The molecule has 0 saturated heterocycles. The molecule has 0 bridgehead atoms. The summed E-state index contributed by atoms with van der Waals surface area (Å²) < 4.78 is 8.32. The number of nitrogens with zero attached hydrogens (tertiary/aromatic N) is 2. The van der Waals surface area contributed by atoms with Crippen molar-refractivity contribution in [2.45, 2.75) is 37.8 Å². The number of hydrogen-bond donors (Lipinski definition) is 1. The van der Waals surface area contributed by atoms with Gasteiger partial charge in [0.25, 0.3) is 0 Å². The molecule has 1 N–H and O–H groups in total. The van der Waals surface area contributed by atoms with Gasteiger partial charge in [0.1, 0.15) is 11.4 Å². The van der Waals surface area contributed by atoms with Crippen molar-refractivity contribution < 1.29 is 14.6 Å². The van der Waals surface area contributed by atoms with Crippen LogP contribution in [-0.4, -0.2) is 20.7 Å². The van der Waals surface area contributed by atoms with E-state index in [0.717, 1.165) is 9.99 Å². The zero-order valence-electron chi connectivity index (χ0n) is 13.1. The summed E-state index contributed by atoms with van der Waals surface area (Å²) in [6.07, 6.45) is -0.868. The van der Waals surface area contributed by atoms with Gasteiger partial charge >= 0.3 is 0 Å². The third-order valence-electron chi connectivity index (χ3n) is 3.29. The third kappa shape index (κ3) is 4.05. The van der Waals surface area contributed by atoms with Crippen LogP contribution in [0.3, 0.4) is 0 Å². The van der Waals surface area contributed by atoms with Crippen LogP contribution in [0.4, 0.5) is 0 Å². The fourth-order valence-corrected chi connectivity index (χ4v) is 2.98. The van der Waals surface area contributed by atoms with Crippen molar-refractivity contribution in [3.8, 4) is 11.6 Å². The summed E-state index contributed by atoms with van der Waals surface area (Å²) in [6, 6.07) is 5.45. The van der Waals surface area contributed by atoms with E-state index < -0.39 is 6.10 Å². The maximum atomic E-state index is 11.8. The zero-order chi connectivity index (χ0) is 17.1. The van der Waals surface area contributed by atoms with Crippen LogP contribution in [0.1, 0.15) is 48.5 Å². The summed E-state index contributed by atoms with van der Waals surface area (Å²) in [7, 11) is 0. The van der Waals surface area contributed by atoms with Gasteiger partial charge in [0.2, 0.25) is 5.88 Å². The van der Waals surface area contributed by atoms with Crippen LogP contribution in [0, 0.1) is 0 Å². The quantitative estimate of drug-likeness (QED) is 0.400. The number of hydrogen-bond acceptors (Lipinski definition) is 4. The second-order valence-electron chi connectivity index (χ2n) is 5.15. The Hall–Kier alpha value is -1.12. The van der Waals surface area contributed by atoms with E-state index in [1.54, 1.807) is 17.7 Å². The van der Waals surface area contributed by atoms with Crippen LogP contribution in [0.5, 0.6) is 11.6 Å². The number of ketones is 1. The molecule has 7 heteroatoms. The Morgan fingerprint density at radius 2 is 2.17 bits per heavy atom. The summed E-state index contributed by atoms with van der Waals surface area (Å²) in [4.78, 5) is 11.8. The average molecular weight is 449 g/mol. The summed E-state index contributed by atoms with van der Waals surface area (Å²) in [5.41, 5.74) is 1.66. The number of aliphatic hydroxyl groups is 1. The van der Waals surface area contributed by atoms with E-state index >= 15 is 0 Å². The summed E-state index contributed by atoms with van der Waals surface area (Å²) >= 11 is 8.36. The van der Waals surface area contributed by atoms with E-state index in [2.05, 4.69) is 27.7 Å². The molecular formula is C16H18ClIN2O3. The maximum Gasteiger partial charge on any atom is 0.224 e. The van der Waals surface area contributed by atoms with Crippen LogP contribution in [0.2, 0.25) is 5.02 Å². The number of alkyl halides is 1. The minimum absolute atomic E-state index is 0.211. The maximum absolute atomic E-state index is 11.8. The number of Topliss-reactive ketones (excluding diaryl/α,β-unsaturated/α-hetero) is 1. The first kappa shape index (κ1) is 18.2. The van der Waals surface area contributed by atoms with Crippen molar-refractivity contribution in [3.05, 3.63) is 40.0 Å². The van der Waals surface area contributed by atoms with Crippen molar-refractivity contribution in [2.24, 2.45) is 0 Å². The molecule has 0 aliphatic carbocycles. The molecule has 0 unspecified atom stereocenters. The number of carbonyl (C=O) groups excluding carboxylic acids is 1. The van der Waals surface area contributed by atoms with Gasteiger partial charge in [-0.2, -0.15) is 5.10 Å². The molecule has 1 aromatic carbocycles. The molecule has 1 atom stereocenters. The van der Waals surface area contributed by atoms with E-state index in [1.165, 1.54) is 6.92 Å². The predicted octanol–water partition coefficient (Wildman–Crippen LogP) is 4.54. The van der Waals surface area contributed by atoms with Gasteiger partial charge in [0.05, 0.1) is 11.7 Å². The van der Waals surface area contributed by atoms with Crippen LogP contribution in [0.25, 0.3) is 0 Å². The number of carbonyl (C=O) groups is 1. The lowest BCUT2D eigenvalue weighted by Crippen LogP contribution is -2.02. The second-order valence-corrected chi connectivity index (χ2v) is 6.35. The van der Waals surface area contributed by atoms with Gasteiger partial charge in [-0.3, -0.25) is 4.79 Å². The van der Waals surface area contributed by atoms with Gasteiger partial charge in [-0.05, 0) is 37.6 Å². The standard InChI is InChI=1S/C16H18ClIN2O3/c1-4-20-16(14(9(2)21)15(19-20)10(3)22)23-13-6-11(8-18)5-12(17)7-13/h5-7,9,21H,4,8H2,1-3H3/t9-/m1/s1. The molecule has 0 aliphatic rings. The second kappa shape index (κ2) is 7.63. The molecule has 23 heavy (non-hydrogen) atoms. The number of halogens is 2. The normalized spacial score (nSPS) is 12.3. The van der Waals surface area contributed by atoms with Crippen molar-refractivity contribution in [1.82, 2.24) is 9.78 Å². The number of benzene rings is 1. The smallest absolute Gasteiger partial charge is 0.224 e. The number of rotatable bonds is 6. The molecule has 0 aliphatic heterocycles. The molecule has 0 radical (unpaired) electrons. The molecule has 2 rings (SSSR count). The van der Waals surface area contributed by atoms with Gasteiger partial charge < -0.3 is 9.84 Å². The molecule has 0 fully saturated rings. The lowest BCUT2D eigenvalue weighted by molar-refractivity contribution is 0.100. The summed E-state index contributed by atoms with van der Waals surface area (Å²) in [5, 5.41) is 14.9. The van der Waals surface area contributed by atoms with Gasteiger partial charge in [0, 0.05) is 22.9 Å². The van der Waals surface area contributed by atoms with Crippen molar-refractivity contribution in [3.63, 3.8) is 0 Å². The van der Waals surface area contributed by atoms with Crippen LogP contribution < -0.4 is 4.74 Å². The molecule has 1 heterocycles. The Balaban J connectivity index is 2.54. The minimum Gasteiger partial charge on any atom is -0.439 e. The van der Waals surface area contributed by atoms with Gasteiger partial charge in [-0.1, -0.05) is 34.2 Å². The molecule has 0 spiro atoms. The van der Waals surface area contributed by atoms with Crippen LogP contribution >= 0.6 is 34.2 Å². The molecular weight excluding hydrogens is 431 g/mol. The molecule has 5 nitrogen and oxygen atoms in total. The van der Waals surface area contributed by atoms with E-state index in [9.17, 15) is 9.90 Å². The number of aryl methyl sites for hydroxylation is 1. The van der Waals surface area contributed by atoms with Crippen LogP contribution in [-0.2, 0) is 11.0 Å². The fraction of sp³-hybridized carbons (Fsp3) is 0.375.